The number of ether oxygens (including phenoxy) is 3. The molecule has 1 fully saturated rings. The number of rotatable bonds is 6. The highest BCUT2D eigenvalue weighted by Crippen LogP contribution is 2.37. The van der Waals surface area contributed by atoms with E-state index in [2.05, 4.69) is 20.0 Å². The van der Waals surface area contributed by atoms with E-state index in [4.69, 9.17) is 14.5 Å². The van der Waals surface area contributed by atoms with Crippen LogP contribution in [0.2, 0.25) is 0 Å². The fourth-order valence-electron chi connectivity index (χ4n) is 3.81. The molecule has 5 rings (SSSR count). The Labute approximate surface area is 196 Å². The molecule has 0 radical (unpaired) electrons. The number of halogens is 2. The minimum Gasteiger partial charge on any atom is -0.447 e. The van der Waals surface area contributed by atoms with E-state index in [1.165, 1.54) is 11.3 Å². The first kappa shape index (κ1) is 22.4. The normalized spacial score (nSPS) is 15.8. The number of aryl methyl sites for hydroxylation is 1. The second kappa shape index (κ2) is 9.43. The predicted molar refractivity (Wildman–Crippen MR) is 123 cm³/mol. The topological polar surface area (TPSA) is 95.5 Å². The summed E-state index contributed by atoms with van der Waals surface area (Å²) in [6.45, 7) is -0.211. The molecule has 1 atom stereocenters. The highest BCUT2D eigenvalue weighted by atomic mass is 32.1. The van der Waals surface area contributed by atoms with Crippen LogP contribution in [-0.4, -0.2) is 47.0 Å². The third-order valence-corrected chi connectivity index (χ3v) is 6.42. The predicted octanol–water partition coefficient (Wildman–Crippen LogP) is 5.54. The molecule has 0 spiro atoms. The second-order valence-corrected chi connectivity index (χ2v) is 8.80. The van der Waals surface area contributed by atoms with Crippen molar-refractivity contribution < 1.29 is 27.8 Å². The molecule has 4 aromatic rings. The van der Waals surface area contributed by atoms with Crippen LogP contribution < -0.4 is 10.1 Å². The Morgan fingerprint density at radius 3 is 2.97 bits per heavy atom. The monoisotopic (exact) mass is 486 g/mol. The number of nitrogens with zero attached hydrogens (tertiary/aromatic N) is 3. The number of alkyl halides is 2. The highest BCUT2D eigenvalue weighted by Gasteiger charge is 2.19. The van der Waals surface area contributed by atoms with E-state index >= 15 is 0 Å². The van der Waals surface area contributed by atoms with Crippen LogP contribution in [0.3, 0.4) is 0 Å². The summed E-state index contributed by atoms with van der Waals surface area (Å²) in [5.41, 5.74) is 3.77. The van der Waals surface area contributed by atoms with Crippen LogP contribution in [0.25, 0.3) is 31.8 Å². The van der Waals surface area contributed by atoms with Crippen molar-refractivity contribution >= 4 is 44.4 Å². The van der Waals surface area contributed by atoms with Crippen LogP contribution in [-0.2, 0) is 9.47 Å². The molecule has 8 nitrogen and oxygen atoms in total. The van der Waals surface area contributed by atoms with Gasteiger partial charge in [-0.2, -0.15) is 8.78 Å². The van der Waals surface area contributed by atoms with E-state index in [-0.39, 0.29) is 18.6 Å². The fraction of sp³-hybridized carbons (Fsp3) is 0.304. The van der Waals surface area contributed by atoms with Gasteiger partial charge in [-0.3, -0.25) is 5.32 Å². The van der Waals surface area contributed by atoms with Crippen molar-refractivity contribution in [2.45, 2.75) is 32.5 Å². The van der Waals surface area contributed by atoms with Crippen molar-refractivity contribution in [1.82, 2.24) is 15.0 Å². The minimum atomic E-state index is -2.98. The maximum atomic E-state index is 12.6. The lowest BCUT2D eigenvalue weighted by atomic mass is 10.1. The number of thiazole rings is 1. The van der Waals surface area contributed by atoms with Gasteiger partial charge in [0.1, 0.15) is 11.6 Å². The lowest BCUT2D eigenvalue weighted by molar-refractivity contribution is -0.0528. The summed E-state index contributed by atoms with van der Waals surface area (Å²) < 4.78 is 41.1. The second-order valence-electron chi connectivity index (χ2n) is 7.80. The molecule has 3 heterocycles. The van der Waals surface area contributed by atoms with Gasteiger partial charge in [0.25, 0.3) is 0 Å². The summed E-state index contributed by atoms with van der Waals surface area (Å²) in [5.74, 6) is -0.253. The number of amides is 1. The van der Waals surface area contributed by atoms with Gasteiger partial charge in [0.15, 0.2) is 0 Å². The van der Waals surface area contributed by atoms with E-state index < -0.39 is 12.7 Å². The van der Waals surface area contributed by atoms with Gasteiger partial charge in [0.2, 0.25) is 5.88 Å². The Kier molecular flexibility index (Phi) is 6.20. The maximum absolute atomic E-state index is 12.6. The lowest BCUT2D eigenvalue weighted by Crippen LogP contribution is -2.21. The Morgan fingerprint density at radius 1 is 1.29 bits per heavy atom. The number of hydrogen-bond acceptors (Lipinski definition) is 8. The Bertz CT molecular complexity index is 1360. The largest absolute Gasteiger partial charge is 0.447 e. The lowest BCUT2D eigenvalue weighted by Gasteiger charge is -2.11. The molecular weight excluding hydrogens is 466 g/mol. The van der Waals surface area contributed by atoms with E-state index in [0.29, 0.717) is 39.4 Å². The number of hydrogen-bond donors (Lipinski definition) is 1. The molecule has 1 amide bonds. The van der Waals surface area contributed by atoms with Crippen molar-refractivity contribution in [3.63, 3.8) is 0 Å². The standard InChI is InChI=1S/C23H20F2N4O4S/c1-12-8-14(19-17(9-12)27-18(10-26-19)33-22(24)25)21-28-15-5-2-6-16(20(15)34-21)29-23(30)32-11-13-4-3-7-31-13/h2,5-6,8-10,13,22H,3-4,7,11H2,1H3,(H,29,30). The number of nitrogens with one attached hydrogen (secondary N) is 1. The summed E-state index contributed by atoms with van der Waals surface area (Å²) in [6.07, 6.45) is 2.40. The smallest absolute Gasteiger partial charge is 0.411 e. The summed E-state index contributed by atoms with van der Waals surface area (Å²) in [5, 5.41) is 3.44. The number of anilines is 1. The van der Waals surface area contributed by atoms with Crippen molar-refractivity contribution in [2.24, 2.45) is 0 Å². The fourth-order valence-corrected chi connectivity index (χ4v) is 4.86. The summed E-state index contributed by atoms with van der Waals surface area (Å²) >= 11 is 1.38. The van der Waals surface area contributed by atoms with Gasteiger partial charge in [-0.15, -0.1) is 11.3 Å². The first-order valence-corrected chi connectivity index (χ1v) is 11.5. The average Bonchev–Trinajstić information content (AvgIpc) is 3.47. The Balaban J connectivity index is 1.45. The third kappa shape index (κ3) is 4.75. The van der Waals surface area contributed by atoms with Crippen LogP contribution in [0.4, 0.5) is 19.3 Å². The van der Waals surface area contributed by atoms with Crippen molar-refractivity contribution in [2.75, 3.05) is 18.5 Å². The molecule has 1 unspecified atom stereocenters. The number of aromatic nitrogens is 3. The van der Waals surface area contributed by atoms with Crippen LogP contribution in [0.15, 0.2) is 36.5 Å². The molecular formula is C23H20F2N4O4S. The van der Waals surface area contributed by atoms with E-state index in [9.17, 15) is 13.6 Å². The molecule has 11 heteroatoms. The SMILES string of the molecule is Cc1cc(-c2nc3cccc(NC(=O)OCC4CCCO4)c3s2)c2ncc(OC(F)F)nc2c1. The molecule has 0 bridgehead atoms. The number of benzene rings is 2. The molecule has 0 saturated carbocycles. The van der Waals surface area contributed by atoms with Crippen molar-refractivity contribution in [3.05, 3.63) is 42.1 Å². The van der Waals surface area contributed by atoms with Gasteiger partial charge in [-0.25, -0.2) is 19.7 Å². The molecule has 1 aliphatic heterocycles. The van der Waals surface area contributed by atoms with Gasteiger partial charge in [-0.05, 0) is 49.6 Å². The minimum absolute atomic E-state index is 0.0566. The average molecular weight is 487 g/mol. The first-order chi connectivity index (χ1) is 16.5. The summed E-state index contributed by atoms with van der Waals surface area (Å²) in [7, 11) is 0. The van der Waals surface area contributed by atoms with Crippen LogP contribution in [0.1, 0.15) is 18.4 Å². The van der Waals surface area contributed by atoms with Gasteiger partial charge < -0.3 is 14.2 Å². The molecule has 34 heavy (non-hydrogen) atoms. The van der Waals surface area contributed by atoms with Gasteiger partial charge >= 0.3 is 12.7 Å². The zero-order valence-corrected chi connectivity index (χ0v) is 18.9. The molecule has 1 aliphatic rings. The zero-order chi connectivity index (χ0) is 23.7. The summed E-state index contributed by atoms with van der Waals surface area (Å²) in [4.78, 5) is 25.5. The third-order valence-electron chi connectivity index (χ3n) is 5.29. The van der Waals surface area contributed by atoms with Crippen molar-refractivity contribution in [1.29, 1.82) is 0 Å². The van der Waals surface area contributed by atoms with Gasteiger partial charge in [-0.1, -0.05) is 6.07 Å². The molecule has 0 aliphatic carbocycles. The Hall–Kier alpha value is -3.44. The van der Waals surface area contributed by atoms with Gasteiger partial charge in [0.05, 0.1) is 39.2 Å². The van der Waals surface area contributed by atoms with Gasteiger partial charge in [0, 0.05) is 12.2 Å². The molecule has 1 N–H and O–H groups in total. The molecule has 176 valence electrons. The van der Waals surface area contributed by atoms with E-state index in [1.54, 1.807) is 18.2 Å². The number of fused-ring (bicyclic) bond motifs is 2. The molecule has 1 saturated heterocycles. The molecule has 2 aromatic carbocycles. The van der Waals surface area contributed by atoms with E-state index in [0.717, 1.165) is 29.3 Å². The van der Waals surface area contributed by atoms with Crippen LogP contribution in [0.5, 0.6) is 5.88 Å². The van der Waals surface area contributed by atoms with E-state index in [1.807, 2.05) is 19.1 Å². The number of carbonyl (C=O) groups excluding carboxylic acids is 1. The molecule has 2 aromatic heterocycles. The van der Waals surface area contributed by atoms with Crippen molar-refractivity contribution in [3.8, 4) is 16.5 Å². The first-order valence-electron chi connectivity index (χ1n) is 10.6. The summed E-state index contributed by atoms with van der Waals surface area (Å²) in [6, 6.07) is 9.07. The van der Waals surface area contributed by atoms with Crippen LogP contribution >= 0.6 is 11.3 Å². The number of carbonyl (C=O) groups is 1. The maximum Gasteiger partial charge on any atom is 0.411 e. The highest BCUT2D eigenvalue weighted by molar-refractivity contribution is 7.22. The van der Waals surface area contributed by atoms with Crippen LogP contribution in [0, 0.1) is 6.92 Å². The zero-order valence-electron chi connectivity index (χ0n) is 18.1. The Morgan fingerprint density at radius 2 is 2.18 bits per heavy atom. The quantitative estimate of drug-likeness (QED) is 0.382.